The van der Waals surface area contributed by atoms with Crippen LogP contribution in [-0.4, -0.2) is 49.2 Å². The number of hydrogen-bond donors (Lipinski definition) is 1. The topological polar surface area (TPSA) is 41.6 Å². The molecule has 0 radical (unpaired) electrons. The first kappa shape index (κ1) is 19.2. The molecule has 2 saturated heterocycles. The minimum absolute atomic E-state index is 0.137. The van der Waals surface area contributed by atoms with Gasteiger partial charge >= 0.3 is 0 Å². The number of nitrogens with one attached hydrogen (secondary N) is 1. The van der Waals surface area contributed by atoms with E-state index in [2.05, 4.69) is 10.2 Å². The first-order valence-electron chi connectivity index (χ1n) is 10.6. The lowest BCUT2D eigenvalue weighted by molar-refractivity contribution is -0.131. The number of likely N-dealkylation sites (tertiary alicyclic amines) is 1. The van der Waals surface area contributed by atoms with Gasteiger partial charge in [0, 0.05) is 43.4 Å². The lowest BCUT2D eigenvalue weighted by Crippen LogP contribution is -2.54. The van der Waals surface area contributed by atoms with E-state index in [4.69, 9.17) is 16.3 Å². The Morgan fingerprint density at radius 1 is 1.07 bits per heavy atom. The second-order valence-corrected chi connectivity index (χ2v) is 8.80. The van der Waals surface area contributed by atoms with Gasteiger partial charge in [-0.15, -0.1) is 0 Å². The molecule has 1 aromatic carbocycles. The zero-order valence-corrected chi connectivity index (χ0v) is 16.8. The van der Waals surface area contributed by atoms with E-state index in [-0.39, 0.29) is 11.9 Å². The Morgan fingerprint density at radius 3 is 2.41 bits per heavy atom. The van der Waals surface area contributed by atoms with Crippen LogP contribution in [0.5, 0.6) is 0 Å². The highest BCUT2D eigenvalue weighted by Crippen LogP contribution is 2.39. The summed E-state index contributed by atoms with van der Waals surface area (Å²) in [4.78, 5) is 16.1. The highest BCUT2D eigenvalue weighted by molar-refractivity contribution is 6.31. The van der Waals surface area contributed by atoms with Crippen molar-refractivity contribution in [2.45, 2.75) is 68.9 Å². The van der Waals surface area contributed by atoms with E-state index in [0.29, 0.717) is 31.1 Å². The zero-order valence-electron chi connectivity index (χ0n) is 16.1. The van der Waals surface area contributed by atoms with Crippen LogP contribution in [0.4, 0.5) is 0 Å². The van der Waals surface area contributed by atoms with Crippen molar-refractivity contribution in [2.24, 2.45) is 0 Å². The first-order chi connectivity index (χ1) is 13.2. The normalized spacial score (nSPS) is 24.8. The molecule has 1 saturated carbocycles. The van der Waals surface area contributed by atoms with Gasteiger partial charge in [-0.05, 0) is 50.2 Å². The third-order valence-electron chi connectivity index (χ3n) is 6.88. The maximum Gasteiger partial charge on any atom is 0.231 e. The van der Waals surface area contributed by atoms with Gasteiger partial charge in [0.25, 0.3) is 0 Å². The molecule has 0 atom stereocenters. The number of benzene rings is 1. The Labute approximate surface area is 167 Å². The lowest BCUT2D eigenvalue weighted by Gasteiger charge is -2.40. The van der Waals surface area contributed by atoms with Gasteiger partial charge in [-0.3, -0.25) is 4.79 Å². The molecule has 0 unspecified atom stereocenters. The van der Waals surface area contributed by atoms with Crippen LogP contribution in [0.15, 0.2) is 24.3 Å². The van der Waals surface area contributed by atoms with Crippen molar-refractivity contribution in [1.82, 2.24) is 10.2 Å². The Morgan fingerprint density at radius 2 is 1.74 bits per heavy atom. The van der Waals surface area contributed by atoms with E-state index in [1.165, 1.54) is 25.7 Å². The summed E-state index contributed by atoms with van der Waals surface area (Å²) < 4.78 is 5.57. The molecule has 1 aliphatic carbocycles. The van der Waals surface area contributed by atoms with E-state index < -0.39 is 5.41 Å². The Bertz CT molecular complexity index is 645. The lowest BCUT2D eigenvalue weighted by atomic mass is 9.73. The number of amides is 1. The molecule has 1 amide bonds. The van der Waals surface area contributed by atoms with Gasteiger partial charge in [-0.1, -0.05) is 42.6 Å². The average molecular weight is 391 g/mol. The molecule has 3 fully saturated rings. The number of ether oxygens (including phenoxy) is 1. The number of nitrogens with zero attached hydrogens (tertiary/aromatic N) is 1. The van der Waals surface area contributed by atoms with E-state index in [1.807, 2.05) is 24.3 Å². The van der Waals surface area contributed by atoms with E-state index in [9.17, 15) is 4.79 Å². The third-order valence-corrected chi connectivity index (χ3v) is 7.21. The largest absolute Gasteiger partial charge is 0.381 e. The molecule has 0 spiro atoms. The molecule has 1 aromatic rings. The summed E-state index contributed by atoms with van der Waals surface area (Å²) in [5.41, 5.74) is 0.398. The monoisotopic (exact) mass is 390 g/mol. The molecule has 1 N–H and O–H groups in total. The minimum Gasteiger partial charge on any atom is -0.381 e. The summed E-state index contributed by atoms with van der Waals surface area (Å²) in [5.74, 6) is 0.137. The zero-order chi connectivity index (χ0) is 18.7. The summed E-state index contributed by atoms with van der Waals surface area (Å²) in [6, 6.07) is 8.86. The third kappa shape index (κ3) is 4.03. The average Bonchev–Trinajstić information content (AvgIpc) is 3.24. The summed E-state index contributed by atoms with van der Waals surface area (Å²) in [6.45, 7) is 3.44. The van der Waals surface area contributed by atoms with Crippen molar-refractivity contribution in [3.8, 4) is 0 Å². The fraction of sp³-hybridized carbons (Fsp3) is 0.682. The van der Waals surface area contributed by atoms with Gasteiger partial charge in [-0.2, -0.15) is 0 Å². The molecule has 148 valence electrons. The smallest absolute Gasteiger partial charge is 0.231 e. The highest BCUT2D eigenvalue weighted by atomic mass is 35.5. The van der Waals surface area contributed by atoms with Gasteiger partial charge in [0.15, 0.2) is 0 Å². The predicted molar refractivity (Wildman–Crippen MR) is 108 cm³/mol. The fourth-order valence-corrected chi connectivity index (χ4v) is 5.51. The number of carbonyl (C=O) groups is 1. The molecule has 2 aliphatic heterocycles. The van der Waals surface area contributed by atoms with Crippen LogP contribution in [0.25, 0.3) is 0 Å². The Balaban J connectivity index is 1.43. The van der Waals surface area contributed by atoms with Crippen molar-refractivity contribution in [2.75, 3.05) is 26.3 Å². The van der Waals surface area contributed by atoms with Crippen LogP contribution in [0.1, 0.15) is 56.9 Å². The van der Waals surface area contributed by atoms with Crippen LogP contribution in [0, 0.1) is 0 Å². The fourth-order valence-electron chi connectivity index (χ4n) is 5.19. The van der Waals surface area contributed by atoms with Crippen molar-refractivity contribution >= 4 is 17.5 Å². The number of rotatable bonds is 4. The quantitative estimate of drug-likeness (QED) is 0.847. The van der Waals surface area contributed by atoms with Crippen LogP contribution in [-0.2, 0) is 14.9 Å². The number of hydrogen-bond acceptors (Lipinski definition) is 3. The maximum absolute atomic E-state index is 13.4. The van der Waals surface area contributed by atoms with Crippen molar-refractivity contribution in [3.63, 3.8) is 0 Å². The maximum atomic E-state index is 13.4. The van der Waals surface area contributed by atoms with Gasteiger partial charge < -0.3 is 15.0 Å². The number of piperidine rings is 1. The highest BCUT2D eigenvalue weighted by Gasteiger charge is 2.43. The summed E-state index contributed by atoms with van der Waals surface area (Å²) >= 11 is 6.50. The van der Waals surface area contributed by atoms with Gasteiger partial charge in [0.05, 0.1) is 5.41 Å². The molecule has 0 aromatic heterocycles. The molecule has 4 rings (SSSR count). The molecular formula is C22H31ClN2O2. The second kappa shape index (κ2) is 8.50. The van der Waals surface area contributed by atoms with E-state index in [0.717, 1.165) is 37.5 Å². The molecule has 27 heavy (non-hydrogen) atoms. The van der Waals surface area contributed by atoms with Crippen LogP contribution in [0.3, 0.4) is 0 Å². The van der Waals surface area contributed by atoms with Crippen LogP contribution >= 0.6 is 11.6 Å². The van der Waals surface area contributed by atoms with Crippen LogP contribution < -0.4 is 5.32 Å². The number of halogens is 1. The summed E-state index contributed by atoms with van der Waals surface area (Å²) in [6.07, 6.45) is 8.97. The van der Waals surface area contributed by atoms with Crippen molar-refractivity contribution in [1.29, 1.82) is 0 Å². The van der Waals surface area contributed by atoms with Gasteiger partial charge in [0.1, 0.15) is 0 Å². The minimum atomic E-state index is -0.556. The first-order valence-corrected chi connectivity index (χ1v) is 10.9. The molecule has 5 heteroatoms. The van der Waals surface area contributed by atoms with E-state index in [1.54, 1.807) is 0 Å². The number of carbonyl (C=O) groups excluding carboxylic acids is 1. The second-order valence-electron chi connectivity index (χ2n) is 8.40. The van der Waals surface area contributed by atoms with Crippen molar-refractivity contribution in [3.05, 3.63) is 34.9 Å². The van der Waals surface area contributed by atoms with Gasteiger partial charge in [-0.25, -0.2) is 0 Å². The molecule has 3 aliphatic rings. The van der Waals surface area contributed by atoms with Gasteiger partial charge in [0.2, 0.25) is 5.91 Å². The molecule has 2 heterocycles. The Hall–Kier alpha value is -1.10. The molecule has 0 bridgehead atoms. The Kier molecular flexibility index (Phi) is 6.05. The predicted octanol–water partition coefficient (Wildman–Crippen LogP) is 3.91. The van der Waals surface area contributed by atoms with Crippen LogP contribution in [0.2, 0.25) is 5.02 Å². The summed E-state index contributed by atoms with van der Waals surface area (Å²) in [5, 5.41) is 4.07. The molecular weight excluding hydrogens is 360 g/mol. The SMILES string of the molecule is O=C(NC1CCN(C2CCCC2)CC1)C1(c2ccccc2Cl)CCOCC1. The van der Waals surface area contributed by atoms with Crippen molar-refractivity contribution < 1.29 is 9.53 Å². The summed E-state index contributed by atoms with van der Waals surface area (Å²) in [7, 11) is 0. The standard InChI is InChI=1S/C22H31ClN2O2/c23-20-8-4-3-7-19(20)22(11-15-27-16-12-22)21(26)24-17-9-13-25(14-10-17)18-5-1-2-6-18/h3-4,7-8,17-18H,1-2,5-6,9-16H2,(H,24,26). The molecule has 4 nitrogen and oxygen atoms in total. The van der Waals surface area contributed by atoms with E-state index >= 15 is 0 Å².